The maximum absolute atomic E-state index is 8.89. The largest absolute Gasteiger partial charge is 0.394 e. The quantitative estimate of drug-likeness (QED) is 0.777. The van der Waals surface area contributed by atoms with Gasteiger partial charge in [0.2, 0.25) is 0 Å². The highest BCUT2D eigenvalue weighted by Crippen LogP contribution is 2.21. The van der Waals surface area contributed by atoms with Crippen molar-refractivity contribution in [3.63, 3.8) is 0 Å². The average Bonchev–Trinajstić information content (AvgIpc) is 2.35. The highest BCUT2D eigenvalue weighted by molar-refractivity contribution is 7.15. The fourth-order valence-corrected chi connectivity index (χ4v) is 1.99. The van der Waals surface area contributed by atoms with Crippen LogP contribution >= 0.6 is 22.9 Å². The van der Waals surface area contributed by atoms with Crippen LogP contribution in [0.4, 0.5) is 0 Å². The molecule has 0 saturated carbocycles. The molecule has 0 fully saturated rings. The normalized spacial score (nSPS) is 16.0. The van der Waals surface area contributed by atoms with E-state index in [2.05, 4.69) is 4.98 Å². The van der Waals surface area contributed by atoms with Crippen molar-refractivity contribution in [1.29, 1.82) is 0 Å². The lowest BCUT2D eigenvalue weighted by atomic mass is 10.0. The summed E-state index contributed by atoms with van der Waals surface area (Å²) >= 11 is 7.03. The van der Waals surface area contributed by atoms with Gasteiger partial charge in [-0.1, -0.05) is 11.6 Å². The molecule has 1 aromatic heterocycles. The first-order valence-electron chi connectivity index (χ1n) is 3.53. The minimum Gasteiger partial charge on any atom is -0.394 e. The van der Waals surface area contributed by atoms with Crippen molar-refractivity contribution in [2.24, 2.45) is 5.73 Å². The minimum atomic E-state index is -0.574. The highest BCUT2D eigenvalue weighted by Gasteiger charge is 2.18. The maximum atomic E-state index is 8.89. The van der Waals surface area contributed by atoms with E-state index in [1.807, 2.05) is 0 Å². The second kappa shape index (κ2) is 3.70. The zero-order chi connectivity index (χ0) is 9.19. The Hall–Kier alpha value is -0.160. The van der Waals surface area contributed by atoms with Gasteiger partial charge >= 0.3 is 0 Å². The van der Waals surface area contributed by atoms with Gasteiger partial charge in [0.15, 0.2) is 4.47 Å². The molecule has 12 heavy (non-hydrogen) atoms. The monoisotopic (exact) mass is 206 g/mol. The lowest BCUT2D eigenvalue weighted by Gasteiger charge is -2.19. The number of nitrogens with zero attached hydrogens (tertiary/aromatic N) is 1. The van der Waals surface area contributed by atoms with Gasteiger partial charge in [0.05, 0.1) is 6.61 Å². The van der Waals surface area contributed by atoms with Gasteiger partial charge in [-0.2, -0.15) is 0 Å². The van der Waals surface area contributed by atoms with Gasteiger partial charge in [-0.05, 0) is 6.92 Å². The van der Waals surface area contributed by atoms with E-state index in [4.69, 9.17) is 22.4 Å². The standard InChI is InChI=1S/C7H11ClN2OS/c1-7(9,4-11)2-5-3-10-6(8)12-5/h3,11H,2,4,9H2,1H3. The van der Waals surface area contributed by atoms with Gasteiger partial charge in [-0.3, -0.25) is 0 Å². The summed E-state index contributed by atoms with van der Waals surface area (Å²) in [5.41, 5.74) is 5.17. The van der Waals surface area contributed by atoms with Gasteiger partial charge in [-0.15, -0.1) is 11.3 Å². The molecule has 1 rings (SSSR count). The SMILES string of the molecule is CC(N)(CO)Cc1cnc(Cl)s1. The first kappa shape index (κ1) is 9.92. The van der Waals surface area contributed by atoms with Crippen LogP contribution in [0.3, 0.4) is 0 Å². The van der Waals surface area contributed by atoms with Crippen molar-refractivity contribution in [3.05, 3.63) is 15.5 Å². The number of nitrogens with two attached hydrogens (primary N) is 1. The molecule has 1 atom stereocenters. The molecule has 0 bridgehead atoms. The summed E-state index contributed by atoms with van der Waals surface area (Å²) in [6.45, 7) is 1.75. The van der Waals surface area contributed by atoms with Crippen molar-refractivity contribution in [3.8, 4) is 0 Å². The van der Waals surface area contributed by atoms with Gasteiger partial charge in [0, 0.05) is 23.0 Å². The van der Waals surface area contributed by atoms with E-state index in [1.54, 1.807) is 13.1 Å². The summed E-state index contributed by atoms with van der Waals surface area (Å²) < 4.78 is 0.513. The fourth-order valence-electron chi connectivity index (χ4n) is 0.819. The Morgan fingerprint density at radius 1 is 1.83 bits per heavy atom. The number of aliphatic hydroxyl groups is 1. The summed E-state index contributed by atoms with van der Waals surface area (Å²) in [6, 6.07) is 0. The molecule has 68 valence electrons. The first-order valence-corrected chi connectivity index (χ1v) is 4.73. The van der Waals surface area contributed by atoms with Crippen LogP contribution < -0.4 is 5.73 Å². The summed E-state index contributed by atoms with van der Waals surface area (Å²) in [5, 5.41) is 8.89. The van der Waals surface area contributed by atoms with Crippen molar-refractivity contribution in [2.45, 2.75) is 18.9 Å². The third-order valence-electron chi connectivity index (χ3n) is 1.46. The predicted molar refractivity (Wildman–Crippen MR) is 50.5 cm³/mol. The molecule has 1 heterocycles. The van der Waals surface area contributed by atoms with Crippen LogP contribution in [0.1, 0.15) is 11.8 Å². The number of thiazole rings is 1. The summed E-state index contributed by atoms with van der Waals surface area (Å²) in [6.07, 6.45) is 2.29. The van der Waals surface area contributed by atoms with Crippen molar-refractivity contribution in [2.75, 3.05) is 6.61 Å². The molecule has 0 spiro atoms. The minimum absolute atomic E-state index is 0.0392. The predicted octanol–water partition coefficient (Wildman–Crippen LogP) is 1.05. The Morgan fingerprint density at radius 2 is 2.50 bits per heavy atom. The summed E-state index contributed by atoms with van der Waals surface area (Å²) in [4.78, 5) is 4.88. The molecule has 0 radical (unpaired) electrons. The van der Waals surface area contributed by atoms with Crippen LogP contribution in [-0.4, -0.2) is 22.2 Å². The molecule has 0 saturated heterocycles. The van der Waals surface area contributed by atoms with Crippen molar-refractivity contribution < 1.29 is 5.11 Å². The molecular weight excluding hydrogens is 196 g/mol. The third kappa shape index (κ3) is 2.71. The molecule has 1 unspecified atom stereocenters. The molecule has 3 N–H and O–H groups in total. The van der Waals surface area contributed by atoms with E-state index < -0.39 is 5.54 Å². The van der Waals surface area contributed by atoms with Gasteiger partial charge in [-0.25, -0.2) is 4.98 Å². The van der Waals surface area contributed by atoms with Crippen LogP contribution in [0.25, 0.3) is 0 Å². The average molecular weight is 207 g/mol. The van der Waals surface area contributed by atoms with E-state index >= 15 is 0 Å². The van der Waals surface area contributed by atoms with E-state index in [9.17, 15) is 0 Å². The van der Waals surface area contributed by atoms with E-state index in [-0.39, 0.29) is 6.61 Å². The Morgan fingerprint density at radius 3 is 2.92 bits per heavy atom. The zero-order valence-corrected chi connectivity index (χ0v) is 8.32. The second-order valence-electron chi connectivity index (χ2n) is 3.07. The molecule has 1 aromatic rings. The van der Waals surface area contributed by atoms with E-state index in [0.29, 0.717) is 10.9 Å². The molecular formula is C7H11ClN2OS. The van der Waals surface area contributed by atoms with Gasteiger partial charge in [0.1, 0.15) is 0 Å². The molecule has 0 amide bonds. The fraction of sp³-hybridized carbons (Fsp3) is 0.571. The molecule has 0 aromatic carbocycles. The molecule has 0 aliphatic carbocycles. The Balaban J connectivity index is 2.63. The number of aromatic nitrogens is 1. The van der Waals surface area contributed by atoms with Crippen LogP contribution in [0.15, 0.2) is 6.20 Å². The van der Waals surface area contributed by atoms with Crippen LogP contribution in [0.2, 0.25) is 4.47 Å². The zero-order valence-electron chi connectivity index (χ0n) is 6.75. The first-order chi connectivity index (χ1) is 5.53. The third-order valence-corrected chi connectivity index (χ3v) is 2.58. The number of hydrogen-bond donors (Lipinski definition) is 2. The molecule has 5 heteroatoms. The van der Waals surface area contributed by atoms with Gasteiger partial charge in [0.25, 0.3) is 0 Å². The lowest BCUT2D eigenvalue weighted by Crippen LogP contribution is -2.42. The molecule has 0 aliphatic rings. The number of hydrogen-bond acceptors (Lipinski definition) is 4. The summed E-state index contributed by atoms with van der Waals surface area (Å²) in [5.74, 6) is 0. The van der Waals surface area contributed by atoms with Crippen molar-refractivity contribution >= 4 is 22.9 Å². The topological polar surface area (TPSA) is 59.1 Å². The Bertz CT molecular complexity index is 262. The van der Waals surface area contributed by atoms with E-state index in [1.165, 1.54) is 11.3 Å². The Labute approximate surface area is 80.2 Å². The Kier molecular flexibility index (Phi) is 3.06. The van der Waals surface area contributed by atoms with E-state index in [0.717, 1.165) is 4.88 Å². The molecule has 3 nitrogen and oxygen atoms in total. The molecule has 0 aliphatic heterocycles. The van der Waals surface area contributed by atoms with Gasteiger partial charge < -0.3 is 10.8 Å². The maximum Gasteiger partial charge on any atom is 0.183 e. The summed E-state index contributed by atoms with van der Waals surface area (Å²) in [7, 11) is 0. The number of rotatable bonds is 3. The number of halogens is 1. The van der Waals surface area contributed by atoms with Crippen molar-refractivity contribution in [1.82, 2.24) is 4.98 Å². The van der Waals surface area contributed by atoms with Crippen LogP contribution in [0.5, 0.6) is 0 Å². The second-order valence-corrected chi connectivity index (χ2v) is 4.77. The highest BCUT2D eigenvalue weighted by atomic mass is 35.5. The van der Waals surface area contributed by atoms with Crippen LogP contribution in [-0.2, 0) is 6.42 Å². The van der Waals surface area contributed by atoms with Crippen LogP contribution in [0, 0.1) is 0 Å². The smallest absolute Gasteiger partial charge is 0.183 e. The number of aliphatic hydroxyl groups excluding tert-OH is 1. The lowest BCUT2D eigenvalue weighted by molar-refractivity contribution is 0.209.